The number of rotatable bonds is 6. The van der Waals surface area contributed by atoms with Gasteiger partial charge in [-0.05, 0) is 22.9 Å². The van der Waals surface area contributed by atoms with Gasteiger partial charge in [-0.1, -0.05) is 35.5 Å². The molecule has 10 heteroatoms. The van der Waals surface area contributed by atoms with Gasteiger partial charge in [-0.3, -0.25) is 4.90 Å². The van der Waals surface area contributed by atoms with Crippen LogP contribution in [0.15, 0.2) is 35.0 Å². The number of carboxylic acids is 1. The zero-order chi connectivity index (χ0) is 17.1. The van der Waals surface area contributed by atoms with Crippen LogP contribution in [0.25, 0.3) is 5.82 Å². The Balaban J connectivity index is 1.90. The number of nitrogens with zero attached hydrogens (tertiary/aromatic N) is 6. The van der Waals surface area contributed by atoms with E-state index >= 15 is 0 Å². The number of carbonyl (C=O) groups is 1. The molecule has 24 heavy (non-hydrogen) atoms. The van der Waals surface area contributed by atoms with Gasteiger partial charge in [0.25, 0.3) is 0 Å². The molecule has 0 saturated carbocycles. The van der Waals surface area contributed by atoms with E-state index < -0.39 is 5.97 Å². The second kappa shape index (κ2) is 6.46. The van der Waals surface area contributed by atoms with Crippen molar-refractivity contribution < 1.29 is 14.5 Å². The topological polar surface area (TPSA) is 136 Å². The Morgan fingerprint density at radius 1 is 1.29 bits per heavy atom. The summed E-state index contributed by atoms with van der Waals surface area (Å²) in [6.07, 6.45) is 0. The SMILES string of the molecule is CN(Cc1ccccc1)Cc1c(C(=O)O)nnn1-c1nonc1N. The van der Waals surface area contributed by atoms with Gasteiger partial charge >= 0.3 is 5.97 Å². The van der Waals surface area contributed by atoms with E-state index in [0.29, 0.717) is 12.2 Å². The molecule has 0 amide bonds. The lowest BCUT2D eigenvalue weighted by Gasteiger charge is -2.17. The number of carboxylic acid groups (broad SMARTS) is 1. The van der Waals surface area contributed by atoms with Crippen molar-refractivity contribution in [3.05, 3.63) is 47.3 Å². The maximum Gasteiger partial charge on any atom is 0.358 e. The first-order valence-electron chi connectivity index (χ1n) is 7.05. The van der Waals surface area contributed by atoms with Gasteiger partial charge in [-0.2, -0.15) is 4.68 Å². The normalized spacial score (nSPS) is 11.1. The van der Waals surface area contributed by atoms with Gasteiger partial charge in [0.2, 0.25) is 11.6 Å². The Kier molecular flexibility index (Phi) is 4.20. The number of benzene rings is 1. The summed E-state index contributed by atoms with van der Waals surface area (Å²) >= 11 is 0. The maximum atomic E-state index is 11.4. The molecule has 2 heterocycles. The van der Waals surface area contributed by atoms with E-state index in [9.17, 15) is 9.90 Å². The van der Waals surface area contributed by atoms with Crippen LogP contribution in [-0.2, 0) is 13.1 Å². The lowest BCUT2D eigenvalue weighted by atomic mass is 10.2. The van der Waals surface area contributed by atoms with Crippen molar-refractivity contribution in [3.8, 4) is 5.82 Å². The highest BCUT2D eigenvalue weighted by atomic mass is 16.6. The standard InChI is InChI=1S/C14H15N7O3/c1-20(7-9-5-3-2-4-6-9)8-10-11(14(22)23)16-19-21(10)13-12(15)17-24-18-13/h2-6H,7-8H2,1H3,(H2,15,17)(H,22,23). The largest absolute Gasteiger partial charge is 0.476 e. The van der Waals surface area contributed by atoms with Crippen LogP contribution in [0.3, 0.4) is 0 Å². The highest BCUT2D eigenvalue weighted by Gasteiger charge is 2.24. The number of hydrogen-bond donors (Lipinski definition) is 2. The van der Waals surface area contributed by atoms with Crippen molar-refractivity contribution in [2.75, 3.05) is 12.8 Å². The van der Waals surface area contributed by atoms with Gasteiger partial charge in [0.15, 0.2) is 5.69 Å². The average molecular weight is 329 g/mol. The van der Waals surface area contributed by atoms with E-state index in [4.69, 9.17) is 5.73 Å². The molecule has 0 atom stereocenters. The van der Waals surface area contributed by atoms with Crippen molar-refractivity contribution in [3.63, 3.8) is 0 Å². The minimum atomic E-state index is -1.18. The van der Waals surface area contributed by atoms with Crippen LogP contribution in [-0.4, -0.2) is 48.3 Å². The van der Waals surface area contributed by atoms with Crippen LogP contribution in [0.1, 0.15) is 21.7 Å². The third-order valence-electron chi connectivity index (χ3n) is 3.38. The molecular weight excluding hydrogens is 314 g/mol. The molecule has 0 radical (unpaired) electrons. The zero-order valence-corrected chi connectivity index (χ0v) is 12.8. The number of hydrogen-bond acceptors (Lipinski definition) is 8. The lowest BCUT2D eigenvalue weighted by Crippen LogP contribution is -2.21. The fourth-order valence-electron chi connectivity index (χ4n) is 2.32. The smallest absolute Gasteiger partial charge is 0.358 e. The molecule has 0 fully saturated rings. The molecule has 3 aromatic rings. The van der Waals surface area contributed by atoms with Crippen LogP contribution >= 0.6 is 0 Å². The molecule has 0 bridgehead atoms. The summed E-state index contributed by atoms with van der Waals surface area (Å²) in [6, 6.07) is 9.80. The van der Waals surface area contributed by atoms with Gasteiger partial charge in [-0.15, -0.1) is 5.10 Å². The summed E-state index contributed by atoms with van der Waals surface area (Å²) < 4.78 is 5.78. The third kappa shape index (κ3) is 3.08. The highest BCUT2D eigenvalue weighted by molar-refractivity contribution is 5.86. The predicted octanol–water partition coefficient (Wildman–Crippen LogP) is 0.563. The van der Waals surface area contributed by atoms with E-state index in [-0.39, 0.29) is 23.9 Å². The van der Waals surface area contributed by atoms with Crippen molar-refractivity contribution >= 4 is 11.8 Å². The number of nitrogen functional groups attached to an aromatic ring is 1. The molecule has 0 aliphatic heterocycles. The second-order valence-corrected chi connectivity index (χ2v) is 5.23. The number of aromatic carboxylic acids is 1. The summed E-state index contributed by atoms with van der Waals surface area (Å²) in [6.45, 7) is 0.896. The molecule has 3 N–H and O–H groups in total. The summed E-state index contributed by atoms with van der Waals surface area (Å²) in [5, 5.41) is 24.0. The van der Waals surface area contributed by atoms with E-state index in [0.717, 1.165) is 5.56 Å². The fraction of sp³-hybridized carbons (Fsp3) is 0.214. The van der Waals surface area contributed by atoms with Crippen molar-refractivity contribution in [1.29, 1.82) is 0 Å². The molecule has 0 spiro atoms. The van der Waals surface area contributed by atoms with Crippen LogP contribution < -0.4 is 5.73 Å². The van der Waals surface area contributed by atoms with Crippen LogP contribution in [0.5, 0.6) is 0 Å². The molecule has 0 aliphatic carbocycles. The molecule has 3 rings (SSSR count). The second-order valence-electron chi connectivity index (χ2n) is 5.23. The first-order chi connectivity index (χ1) is 11.6. The fourth-order valence-corrected chi connectivity index (χ4v) is 2.32. The predicted molar refractivity (Wildman–Crippen MR) is 82.2 cm³/mol. The van der Waals surface area contributed by atoms with E-state index in [1.807, 2.05) is 42.3 Å². The maximum absolute atomic E-state index is 11.4. The minimum Gasteiger partial charge on any atom is -0.476 e. The Labute approximate surface area is 136 Å². The lowest BCUT2D eigenvalue weighted by molar-refractivity contribution is 0.0688. The van der Waals surface area contributed by atoms with Crippen molar-refractivity contribution in [2.24, 2.45) is 0 Å². The number of nitrogens with two attached hydrogens (primary N) is 1. The first-order valence-corrected chi connectivity index (χ1v) is 7.05. The molecule has 124 valence electrons. The molecule has 0 unspecified atom stereocenters. The van der Waals surface area contributed by atoms with Gasteiger partial charge in [0.1, 0.15) is 0 Å². The molecule has 1 aromatic carbocycles. The summed E-state index contributed by atoms with van der Waals surface area (Å²) in [7, 11) is 1.86. The van der Waals surface area contributed by atoms with Gasteiger partial charge < -0.3 is 10.8 Å². The van der Waals surface area contributed by atoms with Crippen molar-refractivity contribution in [1.82, 2.24) is 30.2 Å². The van der Waals surface area contributed by atoms with E-state index in [1.54, 1.807) is 0 Å². The summed E-state index contributed by atoms with van der Waals surface area (Å²) in [5.41, 5.74) is 6.93. The molecular formula is C14H15N7O3. The summed E-state index contributed by atoms with van der Waals surface area (Å²) in [4.78, 5) is 13.3. The zero-order valence-electron chi connectivity index (χ0n) is 12.8. The average Bonchev–Trinajstić information content (AvgIpc) is 3.14. The van der Waals surface area contributed by atoms with Crippen LogP contribution in [0, 0.1) is 0 Å². The Hall–Kier alpha value is -3.27. The van der Waals surface area contributed by atoms with Gasteiger partial charge in [0.05, 0.1) is 5.69 Å². The molecule has 2 aromatic heterocycles. The third-order valence-corrected chi connectivity index (χ3v) is 3.38. The minimum absolute atomic E-state index is 0.00352. The number of aromatic nitrogens is 5. The Bertz CT molecular complexity index is 843. The van der Waals surface area contributed by atoms with Crippen LogP contribution in [0.2, 0.25) is 0 Å². The Morgan fingerprint density at radius 2 is 2.04 bits per heavy atom. The van der Waals surface area contributed by atoms with E-state index in [1.165, 1.54) is 4.68 Å². The summed E-state index contributed by atoms with van der Waals surface area (Å²) in [5.74, 6) is -1.07. The van der Waals surface area contributed by atoms with E-state index in [2.05, 4.69) is 25.3 Å². The first kappa shape index (κ1) is 15.6. The van der Waals surface area contributed by atoms with Gasteiger partial charge in [-0.25, -0.2) is 9.42 Å². The van der Waals surface area contributed by atoms with Crippen LogP contribution in [0.4, 0.5) is 5.82 Å². The van der Waals surface area contributed by atoms with Gasteiger partial charge in [0, 0.05) is 13.1 Å². The quantitative estimate of drug-likeness (QED) is 0.664. The Morgan fingerprint density at radius 3 is 2.67 bits per heavy atom. The van der Waals surface area contributed by atoms with Crippen molar-refractivity contribution in [2.45, 2.75) is 13.1 Å². The molecule has 0 aliphatic rings. The molecule has 10 nitrogen and oxygen atoms in total. The molecule has 0 saturated heterocycles. The monoisotopic (exact) mass is 329 g/mol. The highest BCUT2D eigenvalue weighted by Crippen LogP contribution is 2.18. The number of anilines is 1.